The van der Waals surface area contributed by atoms with Crippen molar-refractivity contribution in [3.05, 3.63) is 53.6 Å². The normalized spacial score (nSPS) is 16.4. The zero-order chi connectivity index (χ0) is 20.7. The van der Waals surface area contributed by atoms with Gasteiger partial charge in [0.05, 0.1) is 12.3 Å². The molecule has 0 radical (unpaired) electrons. The van der Waals surface area contributed by atoms with Gasteiger partial charge in [0.25, 0.3) is 0 Å². The van der Waals surface area contributed by atoms with Gasteiger partial charge in [0.15, 0.2) is 0 Å². The van der Waals surface area contributed by atoms with Crippen molar-refractivity contribution in [2.45, 2.75) is 65.6 Å². The Morgan fingerprint density at radius 1 is 1.32 bits per heavy atom. The first-order valence-corrected chi connectivity index (χ1v) is 9.40. The molecule has 0 amide bonds. The van der Waals surface area contributed by atoms with E-state index in [4.69, 9.17) is 5.10 Å². The topological polar surface area (TPSA) is 40.9 Å². The third kappa shape index (κ3) is 6.94. The number of allylic oxidation sites excluding steroid dienone is 2. The summed E-state index contributed by atoms with van der Waals surface area (Å²) >= 11 is 0. The van der Waals surface area contributed by atoms with Crippen molar-refractivity contribution in [2.24, 2.45) is 10.1 Å². The van der Waals surface area contributed by atoms with E-state index in [2.05, 4.69) is 22.6 Å². The van der Waals surface area contributed by atoms with Crippen LogP contribution in [0.3, 0.4) is 0 Å². The molecule has 4 nitrogen and oxygen atoms in total. The Labute approximate surface area is 164 Å². The summed E-state index contributed by atoms with van der Waals surface area (Å²) in [4.78, 5) is 8.45. The number of hydrogen-bond donors (Lipinski definition) is 0. The van der Waals surface area contributed by atoms with Crippen LogP contribution in [0.1, 0.15) is 57.1 Å². The molecule has 1 aliphatic heterocycles. The molecule has 0 unspecified atom stereocenters. The van der Waals surface area contributed by atoms with Crippen LogP contribution >= 0.6 is 0 Å². The molecule has 152 valence electrons. The second-order valence-electron chi connectivity index (χ2n) is 7.03. The number of alkyl halides is 3. The fourth-order valence-corrected chi connectivity index (χ4v) is 2.85. The molecule has 2 heterocycles. The maximum absolute atomic E-state index is 12.3. The zero-order valence-corrected chi connectivity index (χ0v) is 16.7. The van der Waals surface area contributed by atoms with Crippen molar-refractivity contribution >= 4 is 11.4 Å². The molecule has 1 aliphatic rings. The number of aryl methyl sites for hydroxylation is 1. The molecule has 7 heteroatoms. The maximum atomic E-state index is 12.3. The van der Waals surface area contributed by atoms with Crippen LogP contribution in [0, 0.1) is 6.92 Å². The van der Waals surface area contributed by atoms with Gasteiger partial charge in [0.1, 0.15) is 0 Å². The molecule has 28 heavy (non-hydrogen) atoms. The predicted octanol–water partition coefficient (Wildman–Crippen LogP) is 5.95. The van der Waals surface area contributed by atoms with Crippen molar-refractivity contribution in [1.29, 1.82) is 0 Å². The Hall–Kier alpha value is -2.44. The number of aromatic nitrogens is 1. The summed E-state index contributed by atoms with van der Waals surface area (Å²) in [5.74, 6) is 0. The van der Waals surface area contributed by atoms with Crippen LogP contribution in [0.2, 0.25) is 0 Å². The van der Waals surface area contributed by atoms with E-state index >= 15 is 0 Å². The molecule has 0 N–H and O–H groups in total. The number of rotatable bonds is 7. The second-order valence-corrected chi connectivity index (χ2v) is 7.03. The van der Waals surface area contributed by atoms with Crippen LogP contribution in [0.5, 0.6) is 0 Å². The lowest BCUT2D eigenvalue weighted by Gasteiger charge is -2.28. The van der Waals surface area contributed by atoms with Gasteiger partial charge in [-0.25, -0.2) is 0 Å². The molecule has 2 rings (SSSR count). The SMILES string of the molecule is C=C1CCC(/C(=C/N=C(C)CCC(F)(F)F)CC)=NN1Cc1cncc(C)c1. The van der Waals surface area contributed by atoms with Gasteiger partial charge in [0.2, 0.25) is 0 Å². The Bertz CT molecular complexity index is 791. The minimum atomic E-state index is -4.16. The molecular weight excluding hydrogens is 365 g/mol. The molecule has 0 fully saturated rings. The van der Waals surface area contributed by atoms with E-state index in [0.717, 1.165) is 41.0 Å². The van der Waals surface area contributed by atoms with Gasteiger partial charge in [-0.3, -0.25) is 15.0 Å². The van der Waals surface area contributed by atoms with E-state index in [1.165, 1.54) is 0 Å². The summed E-state index contributed by atoms with van der Waals surface area (Å²) in [6, 6.07) is 2.06. The standard InChI is InChI=1S/C21H27F3N4/c1-5-19(13-26-16(3)8-9-21(22,23)24)20-7-6-17(4)28(27-20)14-18-10-15(2)11-25-12-18/h10-13H,4-9,14H2,1-3H3/b19-13+,26-16?. The van der Waals surface area contributed by atoms with Crippen molar-refractivity contribution in [3.8, 4) is 0 Å². The summed E-state index contributed by atoms with van der Waals surface area (Å²) < 4.78 is 37.0. The monoisotopic (exact) mass is 392 g/mol. The third-order valence-corrected chi connectivity index (χ3v) is 4.48. The van der Waals surface area contributed by atoms with Crippen molar-refractivity contribution in [1.82, 2.24) is 9.99 Å². The lowest BCUT2D eigenvalue weighted by molar-refractivity contribution is -0.132. The van der Waals surface area contributed by atoms with E-state index in [0.29, 0.717) is 18.7 Å². The Morgan fingerprint density at radius 2 is 2.07 bits per heavy atom. The number of pyridine rings is 1. The Balaban J connectivity index is 2.14. The minimum absolute atomic E-state index is 0.0905. The highest BCUT2D eigenvalue weighted by Gasteiger charge is 2.26. The summed E-state index contributed by atoms with van der Waals surface area (Å²) in [6.07, 6.45) is 2.42. The second kappa shape index (κ2) is 9.66. The highest BCUT2D eigenvalue weighted by atomic mass is 19.4. The van der Waals surface area contributed by atoms with Crippen LogP contribution in [0.25, 0.3) is 0 Å². The number of hydrogen-bond acceptors (Lipinski definition) is 4. The van der Waals surface area contributed by atoms with Crippen LogP contribution < -0.4 is 0 Å². The number of nitrogens with zero attached hydrogens (tertiary/aromatic N) is 4. The smallest absolute Gasteiger partial charge is 0.266 e. The molecule has 0 saturated heterocycles. The quantitative estimate of drug-likeness (QED) is 0.538. The van der Waals surface area contributed by atoms with Gasteiger partial charge >= 0.3 is 6.18 Å². The average Bonchev–Trinajstić information content (AvgIpc) is 2.62. The van der Waals surface area contributed by atoms with Crippen LogP contribution in [0.4, 0.5) is 13.2 Å². The van der Waals surface area contributed by atoms with Crippen LogP contribution in [-0.4, -0.2) is 27.6 Å². The van der Waals surface area contributed by atoms with Crippen LogP contribution in [-0.2, 0) is 6.54 Å². The summed E-state index contributed by atoms with van der Waals surface area (Å²) in [6.45, 7) is 10.3. The summed E-state index contributed by atoms with van der Waals surface area (Å²) in [7, 11) is 0. The number of aliphatic imine (C=N–C) groups is 1. The highest BCUT2D eigenvalue weighted by molar-refractivity contribution is 6.00. The zero-order valence-electron chi connectivity index (χ0n) is 16.7. The molecule has 0 aliphatic carbocycles. The van der Waals surface area contributed by atoms with Gasteiger partial charge in [-0.15, -0.1) is 0 Å². The fourth-order valence-electron chi connectivity index (χ4n) is 2.85. The largest absolute Gasteiger partial charge is 0.389 e. The van der Waals surface area contributed by atoms with Crippen molar-refractivity contribution in [2.75, 3.05) is 0 Å². The van der Waals surface area contributed by atoms with E-state index in [1.54, 1.807) is 19.3 Å². The fraction of sp³-hybridized carbons (Fsp3) is 0.476. The molecule has 0 bridgehead atoms. The van der Waals surface area contributed by atoms with Gasteiger partial charge in [-0.05, 0) is 56.2 Å². The van der Waals surface area contributed by atoms with Gasteiger partial charge in [-0.2, -0.15) is 18.3 Å². The van der Waals surface area contributed by atoms with E-state index in [1.807, 2.05) is 25.1 Å². The van der Waals surface area contributed by atoms with Gasteiger partial charge < -0.3 is 0 Å². The summed E-state index contributed by atoms with van der Waals surface area (Å²) in [5, 5.41) is 6.60. The van der Waals surface area contributed by atoms with Gasteiger partial charge in [0, 0.05) is 36.4 Å². The first-order chi connectivity index (χ1) is 13.2. The lowest BCUT2D eigenvalue weighted by Crippen LogP contribution is -2.24. The third-order valence-electron chi connectivity index (χ3n) is 4.48. The Morgan fingerprint density at radius 3 is 2.71 bits per heavy atom. The molecule has 0 aromatic carbocycles. The molecule has 0 saturated carbocycles. The minimum Gasteiger partial charge on any atom is -0.266 e. The average molecular weight is 392 g/mol. The Kier molecular flexibility index (Phi) is 7.54. The molecular formula is C21H27F3N4. The van der Waals surface area contributed by atoms with E-state index in [-0.39, 0.29) is 6.42 Å². The molecule has 0 spiro atoms. The molecule has 0 atom stereocenters. The highest BCUT2D eigenvalue weighted by Crippen LogP contribution is 2.25. The van der Waals surface area contributed by atoms with Gasteiger partial charge in [-0.1, -0.05) is 19.6 Å². The number of halogens is 3. The first-order valence-electron chi connectivity index (χ1n) is 9.40. The predicted molar refractivity (Wildman–Crippen MR) is 107 cm³/mol. The molecule has 1 aromatic heterocycles. The van der Waals surface area contributed by atoms with E-state index < -0.39 is 12.6 Å². The van der Waals surface area contributed by atoms with E-state index in [9.17, 15) is 13.2 Å². The number of hydrazone groups is 1. The van der Waals surface area contributed by atoms with Crippen molar-refractivity contribution in [3.63, 3.8) is 0 Å². The van der Waals surface area contributed by atoms with Crippen LogP contribution in [0.15, 0.2) is 52.6 Å². The lowest BCUT2D eigenvalue weighted by atomic mass is 10.0. The maximum Gasteiger partial charge on any atom is 0.389 e. The first kappa shape index (κ1) is 21.9. The molecule has 1 aromatic rings. The summed E-state index contributed by atoms with van der Waals surface area (Å²) in [5.41, 5.74) is 5.38. The van der Waals surface area contributed by atoms with Crippen molar-refractivity contribution < 1.29 is 13.2 Å².